The van der Waals surface area contributed by atoms with E-state index in [9.17, 15) is 13.2 Å². The lowest BCUT2D eigenvalue weighted by molar-refractivity contribution is -0.140. The summed E-state index contributed by atoms with van der Waals surface area (Å²) >= 11 is 0. The molecule has 1 aromatic carbocycles. The van der Waals surface area contributed by atoms with Gasteiger partial charge in [0, 0.05) is 6.42 Å². The molecular formula is C28H48O4S. The van der Waals surface area contributed by atoms with Crippen molar-refractivity contribution >= 4 is 15.8 Å². The first kappa shape index (κ1) is 29.7. The Balaban J connectivity index is 1.81. The third-order valence-corrected chi connectivity index (χ3v) is 8.22. The van der Waals surface area contributed by atoms with E-state index in [1.807, 2.05) is 19.1 Å². The van der Waals surface area contributed by atoms with E-state index >= 15 is 0 Å². The van der Waals surface area contributed by atoms with Crippen LogP contribution in [0, 0.1) is 6.92 Å². The minimum atomic E-state index is -3.12. The van der Waals surface area contributed by atoms with Crippen LogP contribution in [-0.4, -0.2) is 27.2 Å². The summed E-state index contributed by atoms with van der Waals surface area (Å²) in [4.78, 5) is 11.5. The van der Waals surface area contributed by atoms with Gasteiger partial charge < -0.3 is 4.74 Å². The van der Waals surface area contributed by atoms with Crippen LogP contribution in [0.1, 0.15) is 121 Å². The molecule has 0 saturated heterocycles. The van der Waals surface area contributed by atoms with Gasteiger partial charge in [-0.05, 0) is 31.9 Å². The monoisotopic (exact) mass is 480 g/mol. The first-order chi connectivity index (χ1) is 16.0. The minimum Gasteiger partial charge on any atom is -0.469 e. The van der Waals surface area contributed by atoms with Gasteiger partial charge in [-0.15, -0.1) is 0 Å². The summed E-state index contributed by atoms with van der Waals surface area (Å²) in [5.74, 6) is 0.183. The number of carbonyl (C=O) groups is 1. The van der Waals surface area contributed by atoms with E-state index in [4.69, 9.17) is 0 Å². The average Bonchev–Trinajstić information content (AvgIpc) is 2.80. The van der Waals surface area contributed by atoms with E-state index in [-0.39, 0.29) is 11.7 Å². The Hall–Kier alpha value is -1.36. The van der Waals surface area contributed by atoms with Gasteiger partial charge >= 0.3 is 5.97 Å². The molecule has 0 radical (unpaired) electrons. The van der Waals surface area contributed by atoms with E-state index in [1.165, 1.54) is 84.2 Å². The van der Waals surface area contributed by atoms with E-state index in [2.05, 4.69) is 4.74 Å². The van der Waals surface area contributed by atoms with Crippen LogP contribution in [0.3, 0.4) is 0 Å². The summed E-state index contributed by atoms with van der Waals surface area (Å²) in [7, 11) is -1.66. The molecule has 0 aliphatic carbocycles. The maximum Gasteiger partial charge on any atom is 0.305 e. The number of sulfone groups is 1. The van der Waals surface area contributed by atoms with Crippen LogP contribution in [-0.2, 0) is 19.4 Å². The van der Waals surface area contributed by atoms with Crippen molar-refractivity contribution in [2.75, 3.05) is 12.9 Å². The molecule has 33 heavy (non-hydrogen) atoms. The zero-order valence-electron chi connectivity index (χ0n) is 21.3. The molecule has 5 heteroatoms. The fourth-order valence-electron chi connectivity index (χ4n) is 4.18. The van der Waals surface area contributed by atoms with Crippen LogP contribution in [0.2, 0.25) is 0 Å². The molecule has 0 atom stereocenters. The van der Waals surface area contributed by atoms with Gasteiger partial charge in [-0.1, -0.05) is 114 Å². The van der Waals surface area contributed by atoms with Crippen molar-refractivity contribution in [2.45, 2.75) is 127 Å². The summed E-state index contributed by atoms with van der Waals surface area (Å²) in [6.45, 7) is 1.97. The van der Waals surface area contributed by atoms with Gasteiger partial charge in [0.15, 0.2) is 9.84 Å². The van der Waals surface area contributed by atoms with Gasteiger partial charge in [-0.2, -0.15) is 0 Å². The van der Waals surface area contributed by atoms with Gasteiger partial charge in [0.25, 0.3) is 0 Å². The van der Waals surface area contributed by atoms with Crippen molar-refractivity contribution < 1.29 is 17.9 Å². The van der Waals surface area contributed by atoms with Crippen LogP contribution in [0.15, 0.2) is 29.2 Å². The van der Waals surface area contributed by atoms with Crippen LogP contribution < -0.4 is 0 Å². The molecule has 0 unspecified atom stereocenters. The maximum absolute atomic E-state index is 12.3. The van der Waals surface area contributed by atoms with Crippen LogP contribution in [0.4, 0.5) is 0 Å². The Kier molecular flexibility index (Phi) is 17.1. The molecule has 4 nitrogen and oxygen atoms in total. The number of rotatable bonds is 21. The second-order valence-corrected chi connectivity index (χ2v) is 11.6. The quantitative estimate of drug-likeness (QED) is 0.132. The van der Waals surface area contributed by atoms with E-state index in [0.717, 1.165) is 37.7 Å². The number of esters is 1. The lowest BCUT2D eigenvalue weighted by Gasteiger charge is -2.05. The molecule has 0 amide bonds. The number of carbonyl (C=O) groups excluding carboxylic acids is 1. The summed E-state index contributed by atoms with van der Waals surface area (Å²) in [6, 6.07) is 7.18. The zero-order valence-corrected chi connectivity index (χ0v) is 22.1. The molecule has 190 valence electrons. The number of hydrogen-bond acceptors (Lipinski definition) is 4. The molecule has 1 rings (SSSR count). The molecule has 0 heterocycles. The maximum atomic E-state index is 12.3. The average molecular weight is 481 g/mol. The Bertz CT molecular complexity index is 710. The zero-order chi connectivity index (χ0) is 24.2. The fourth-order valence-corrected chi connectivity index (χ4v) is 5.55. The van der Waals surface area contributed by atoms with E-state index in [1.54, 1.807) is 12.1 Å². The van der Waals surface area contributed by atoms with E-state index < -0.39 is 9.84 Å². The molecule has 0 aliphatic rings. The first-order valence-corrected chi connectivity index (χ1v) is 15.0. The highest BCUT2D eigenvalue weighted by atomic mass is 32.2. The van der Waals surface area contributed by atoms with Crippen LogP contribution in [0.5, 0.6) is 0 Å². The van der Waals surface area contributed by atoms with Gasteiger partial charge in [0.1, 0.15) is 0 Å². The molecule has 0 N–H and O–H groups in total. The summed E-state index contributed by atoms with van der Waals surface area (Å²) < 4.78 is 29.3. The smallest absolute Gasteiger partial charge is 0.305 e. The minimum absolute atomic E-state index is 0.0859. The second-order valence-electron chi connectivity index (χ2n) is 9.47. The number of aryl methyl sites for hydroxylation is 1. The first-order valence-electron chi connectivity index (χ1n) is 13.3. The standard InChI is InChI=1S/C28H48O4S/c1-26-21-23-27(24-22-26)33(30,31)25-19-17-15-13-11-9-7-5-3-4-6-8-10-12-14-16-18-20-28(29)32-2/h21-24H,3-20,25H2,1-2H3. The molecule has 0 spiro atoms. The predicted octanol–water partition coefficient (Wildman–Crippen LogP) is 7.96. The van der Waals surface area contributed by atoms with Crippen molar-refractivity contribution in [2.24, 2.45) is 0 Å². The molecule has 0 aromatic heterocycles. The molecule has 0 bridgehead atoms. The number of ether oxygens (including phenoxy) is 1. The summed E-state index contributed by atoms with van der Waals surface area (Å²) in [6.07, 6.45) is 21.4. The lowest BCUT2D eigenvalue weighted by atomic mass is 10.0. The van der Waals surface area contributed by atoms with Crippen molar-refractivity contribution in [3.63, 3.8) is 0 Å². The number of hydrogen-bond donors (Lipinski definition) is 0. The van der Waals surface area contributed by atoms with Gasteiger partial charge in [-0.25, -0.2) is 8.42 Å². The third kappa shape index (κ3) is 16.0. The van der Waals surface area contributed by atoms with Gasteiger partial charge in [0.05, 0.1) is 17.8 Å². The van der Waals surface area contributed by atoms with E-state index in [0.29, 0.717) is 11.3 Å². The number of unbranched alkanes of at least 4 members (excludes halogenated alkanes) is 16. The molecule has 0 fully saturated rings. The Labute approximate surface area is 203 Å². The van der Waals surface area contributed by atoms with Crippen molar-refractivity contribution in [1.29, 1.82) is 0 Å². The van der Waals surface area contributed by atoms with Crippen molar-refractivity contribution in [1.82, 2.24) is 0 Å². The fraction of sp³-hybridized carbons (Fsp3) is 0.750. The molecule has 0 saturated carbocycles. The topological polar surface area (TPSA) is 60.4 Å². The Morgan fingerprint density at radius 2 is 1.00 bits per heavy atom. The van der Waals surface area contributed by atoms with Gasteiger partial charge in [-0.3, -0.25) is 4.79 Å². The van der Waals surface area contributed by atoms with Crippen LogP contribution in [0.25, 0.3) is 0 Å². The molecule has 0 aliphatic heterocycles. The SMILES string of the molecule is COC(=O)CCCCCCCCCCCCCCCCCCCS(=O)(=O)c1ccc(C)cc1. The third-order valence-electron chi connectivity index (χ3n) is 6.40. The largest absolute Gasteiger partial charge is 0.469 e. The normalized spacial score (nSPS) is 11.6. The van der Waals surface area contributed by atoms with Crippen LogP contribution >= 0.6 is 0 Å². The number of methoxy groups -OCH3 is 1. The van der Waals surface area contributed by atoms with Crippen molar-refractivity contribution in [3.05, 3.63) is 29.8 Å². The summed E-state index contributed by atoms with van der Waals surface area (Å²) in [5, 5.41) is 0. The molecular weight excluding hydrogens is 432 g/mol. The Morgan fingerprint density at radius 3 is 1.39 bits per heavy atom. The van der Waals surface area contributed by atoms with Crippen molar-refractivity contribution in [3.8, 4) is 0 Å². The summed E-state index contributed by atoms with van der Waals surface area (Å²) in [5.41, 5.74) is 1.09. The molecule has 1 aromatic rings. The highest BCUT2D eigenvalue weighted by molar-refractivity contribution is 7.91. The Morgan fingerprint density at radius 1 is 0.636 bits per heavy atom. The number of benzene rings is 1. The predicted molar refractivity (Wildman–Crippen MR) is 138 cm³/mol. The second kappa shape index (κ2) is 19.0. The van der Waals surface area contributed by atoms with Gasteiger partial charge in [0.2, 0.25) is 0 Å². The highest BCUT2D eigenvalue weighted by Gasteiger charge is 2.13. The highest BCUT2D eigenvalue weighted by Crippen LogP contribution is 2.16. The lowest BCUT2D eigenvalue weighted by Crippen LogP contribution is -2.06.